The lowest BCUT2D eigenvalue weighted by molar-refractivity contribution is 0.100. The molecule has 0 bridgehead atoms. The standard InChI is InChI=1S/C26H21N3O4S/c1-33-23-8-10-24(11-9-23)34(31,32)29(26(30)22-14-18-28-19-15-22)25-5-3-2-4-21(25)7-6-20-12-16-27-17-13-20/h2-19H,1H3/b7-6+. The van der Waals surface area contributed by atoms with Gasteiger partial charge in [-0.2, -0.15) is 4.31 Å². The first-order chi connectivity index (χ1) is 16.5. The molecule has 2 heterocycles. The number of aromatic nitrogens is 2. The van der Waals surface area contributed by atoms with Gasteiger partial charge in [-0.25, -0.2) is 8.42 Å². The highest BCUT2D eigenvalue weighted by Crippen LogP contribution is 2.31. The molecule has 0 aliphatic carbocycles. The number of nitrogens with zero attached hydrogens (tertiary/aromatic N) is 3. The summed E-state index contributed by atoms with van der Waals surface area (Å²) in [5.41, 5.74) is 1.86. The molecule has 170 valence electrons. The van der Waals surface area contributed by atoms with Crippen LogP contribution in [0.1, 0.15) is 21.5 Å². The van der Waals surface area contributed by atoms with Gasteiger partial charge in [-0.05, 0) is 65.7 Å². The highest BCUT2D eigenvalue weighted by Gasteiger charge is 2.33. The van der Waals surface area contributed by atoms with Crippen molar-refractivity contribution >= 4 is 33.8 Å². The number of carbonyl (C=O) groups excluding carboxylic acids is 1. The van der Waals surface area contributed by atoms with Crippen LogP contribution in [0.15, 0.2) is 102 Å². The van der Waals surface area contributed by atoms with Crippen molar-refractivity contribution in [1.29, 1.82) is 0 Å². The Kier molecular flexibility index (Phi) is 6.79. The smallest absolute Gasteiger partial charge is 0.272 e. The second kappa shape index (κ2) is 10.1. The second-order valence-electron chi connectivity index (χ2n) is 7.16. The monoisotopic (exact) mass is 471 g/mol. The van der Waals surface area contributed by atoms with Crippen LogP contribution < -0.4 is 9.04 Å². The Balaban J connectivity index is 1.86. The van der Waals surface area contributed by atoms with Crippen molar-refractivity contribution in [2.24, 2.45) is 0 Å². The summed E-state index contributed by atoms with van der Waals surface area (Å²) < 4.78 is 33.6. The minimum Gasteiger partial charge on any atom is -0.497 e. The molecule has 0 radical (unpaired) electrons. The minimum atomic E-state index is -4.27. The molecule has 1 amide bonds. The van der Waals surface area contributed by atoms with Crippen molar-refractivity contribution < 1.29 is 17.9 Å². The lowest BCUT2D eigenvalue weighted by Gasteiger charge is -2.24. The molecule has 0 saturated heterocycles. The van der Waals surface area contributed by atoms with E-state index in [-0.39, 0.29) is 16.1 Å². The van der Waals surface area contributed by atoms with Gasteiger partial charge in [0.1, 0.15) is 5.75 Å². The molecule has 7 nitrogen and oxygen atoms in total. The van der Waals surface area contributed by atoms with Gasteiger partial charge in [0.15, 0.2) is 0 Å². The molecule has 4 aromatic rings. The normalized spacial score (nSPS) is 11.3. The van der Waals surface area contributed by atoms with Crippen molar-refractivity contribution in [2.75, 3.05) is 11.4 Å². The number of para-hydroxylation sites is 1. The predicted octanol–water partition coefficient (Wildman–Crippen LogP) is 4.69. The quantitative estimate of drug-likeness (QED) is 0.388. The average molecular weight is 472 g/mol. The van der Waals surface area contributed by atoms with E-state index in [0.717, 1.165) is 9.87 Å². The number of hydrogen-bond donors (Lipinski definition) is 0. The fraction of sp³-hybridized carbons (Fsp3) is 0.0385. The zero-order valence-corrected chi connectivity index (χ0v) is 19.1. The molecule has 0 aliphatic rings. The fourth-order valence-corrected chi connectivity index (χ4v) is 4.73. The first-order valence-corrected chi connectivity index (χ1v) is 11.8. The predicted molar refractivity (Wildman–Crippen MR) is 131 cm³/mol. The molecule has 0 spiro atoms. The van der Waals surface area contributed by atoms with Gasteiger partial charge in [0.2, 0.25) is 0 Å². The number of pyridine rings is 2. The van der Waals surface area contributed by atoms with E-state index in [2.05, 4.69) is 9.97 Å². The molecule has 34 heavy (non-hydrogen) atoms. The van der Waals surface area contributed by atoms with Crippen molar-refractivity contribution in [1.82, 2.24) is 9.97 Å². The van der Waals surface area contributed by atoms with Gasteiger partial charge in [0.25, 0.3) is 15.9 Å². The number of benzene rings is 2. The van der Waals surface area contributed by atoms with Gasteiger partial charge in [0.05, 0.1) is 17.7 Å². The number of anilines is 1. The topological polar surface area (TPSA) is 89.5 Å². The second-order valence-corrected chi connectivity index (χ2v) is 8.95. The SMILES string of the molecule is COc1ccc(S(=O)(=O)N(C(=O)c2ccncc2)c2ccccc2/C=C/c2ccncc2)cc1. The number of amides is 1. The van der Waals surface area contributed by atoms with E-state index in [1.165, 1.54) is 55.9 Å². The van der Waals surface area contributed by atoms with E-state index in [4.69, 9.17) is 4.74 Å². The van der Waals surface area contributed by atoms with Crippen LogP contribution in [-0.2, 0) is 10.0 Å². The van der Waals surface area contributed by atoms with E-state index in [0.29, 0.717) is 11.3 Å². The molecule has 0 fully saturated rings. The molecule has 8 heteroatoms. The van der Waals surface area contributed by atoms with Crippen LogP contribution in [0.2, 0.25) is 0 Å². The summed E-state index contributed by atoms with van der Waals surface area (Å²) in [7, 11) is -2.77. The molecule has 0 aliphatic heterocycles. The van der Waals surface area contributed by atoms with Gasteiger partial charge in [-0.1, -0.05) is 30.4 Å². The van der Waals surface area contributed by atoms with Crippen LogP contribution in [0.4, 0.5) is 5.69 Å². The highest BCUT2D eigenvalue weighted by atomic mass is 32.2. The van der Waals surface area contributed by atoms with Crippen LogP contribution in [0, 0.1) is 0 Å². The van der Waals surface area contributed by atoms with Gasteiger partial charge in [0, 0.05) is 30.4 Å². The van der Waals surface area contributed by atoms with Crippen LogP contribution >= 0.6 is 0 Å². The Bertz CT molecular complexity index is 1410. The maximum absolute atomic E-state index is 13.8. The Morgan fingerprint density at radius 1 is 0.824 bits per heavy atom. The van der Waals surface area contributed by atoms with Gasteiger partial charge in [-0.15, -0.1) is 0 Å². The Hall–Kier alpha value is -4.30. The van der Waals surface area contributed by atoms with Crippen LogP contribution in [0.5, 0.6) is 5.75 Å². The summed E-state index contributed by atoms with van der Waals surface area (Å²) in [5, 5.41) is 0. The Morgan fingerprint density at radius 2 is 1.44 bits per heavy atom. The average Bonchev–Trinajstić information content (AvgIpc) is 2.89. The van der Waals surface area contributed by atoms with Crippen molar-refractivity contribution in [3.8, 4) is 5.75 Å². The molecule has 0 saturated carbocycles. The summed E-state index contributed by atoms with van der Waals surface area (Å²) in [6, 6.07) is 19.3. The van der Waals surface area contributed by atoms with Crippen molar-refractivity contribution in [3.63, 3.8) is 0 Å². The number of carbonyl (C=O) groups is 1. The number of sulfonamides is 1. The van der Waals surface area contributed by atoms with Gasteiger partial charge >= 0.3 is 0 Å². The van der Waals surface area contributed by atoms with E-state index < -0.39 is 15.9 Å². The van der Waals surface area contributed by atoms with E-state index in [9.17, 15) is 13.2 Å². The molecule has 0 atom stereocenters. The summed E-state index contributed by atoms with van der Waals surface area (Å²) in [4.78, 5) is 21.5. The maximum atomic E-state index is 13.8. The summed E-state index contributed by atoms with van der Waals surface area (Å²) >= 11 is 0. The van der Waals surface area contributed by atoms with Crippen molar-refractivity contribution in [3.05, 3.63) is 114 Å². The van der Waals surface area contributed by atoms with E-state index in [1.54, 1.807) is 42.7 Å². The van der Waals surface area contributed by atoms with Crippen molar-refractivity contribution in [2.45, 2.75) is 4.90 Å². The Labute approximate surface area is 198 Å². The van der Waals surface area contributed by atoms with Gasteiger partial charge < -0.3 is 4.74 Å². The summed E-state index contributed by atoms with van der Waals surface area (Å²) in [6.45, 7) is 0. The molecular formula is C26H21N3O4S. The molecule has 2 aromatic heterocycles. The third kappa shape index (κ3) is 4.87. The molecular weight excluding hydrogens is 450 g/mol. The molecule has 0 unspecified atom stereocenters. The number of methoxy groups -OCH3 is 1. The first kappa shape index (κ1) is 22.9. The van der Waals surface area contributed by atoms with E-state index in [1.807, 2.05) is 18.2 Å². The Morgan fingerprint density at radius 3 is 2.09 bits per heavy atom. The highest BCUT2D eigenvalue weighted by molar-refractivity contribution is 7.93. The minimum absolute atomic E-state index is 0.0383. The molecule has 0 N–H and O–H groups in total. The number of ether oxygens (including phenoxy) is 1. The van der Waals surface area contributed by atoms with Crippen LogP contribution in [0.25, 0.3) is 12.2 Å². The maximum Gasteiger partial charge on any atom is 0.272 e. The van der Waals surface area contributed by atoms with Crippen LogP contribution in [0.3, 0.4) is 0 Å². The summed E-state index contributed by atoms with van der Waals surface area (Å²) in [6.07, 6.45) is 9.82. The number of rotatable bonds is 7. The molecule has 4 rings (SSSR count). The zero-order valence-electron chi connectivity index (χ0n) is 18.3. The summed E-state index contributed by atoms with van der Waals surface area (Å²) in [5.74, 6) is -0.186. The molecule has 2 aromatic carbocycles. The van der Waals surface area contributed by atoms with Gasteiger partial charge in [-0.3, -0.25) is 14.8 Å². The fourth-order valence-electron chi connectivity index (χ4n) is 3.29. The number of hydrogen-bond acceptors (Lipinski definition) is 6. The largest absolute Gasteiger partial charge is 0.497 e. The zero-order chi connectivity index (χ0) is 24.0. The third-order valence-corrected chi connectivity index (χ3v) is 6.74. The van der Waals surface area contributed by atoms with E-state index >= 15 is 0 Å². The lowest BCUT2D eigenvalue weighted by Crippen LogP contribution is -2.37. The first-order valence-electron chi connectivity index (χ1n) is 10.3. The third-order valence-electron chi connectivity index (χ3n) is 5.03. The van der Waals surface area contributed by atoms with Crippen LogP contribution in [-0.4, -0.2) is 31.4 Å². The lowest BCUT2D eigenvalue weighted by atomic mass is 10.1.